The molecule has 1 aromatic heterocycles. The average Bonchev–Trinajstić information content (AvgIpc) is 2.83. The van der Waals surface area contributed by atoms with E-state index in [1.165, 1.54) is 6.07 Å². The van der Waals surface area contributed by atoms with Crippen LogP contribution in [-0.4, -0.2) is 41.7 Å². The van der Waals surface area contributed by atoms with Gasteiger partial charge in [-0.2, -0.15) is 0 Å². The molecular formula is C25H22N2O6. The topological polar surface area (TPSA) is 106 Å². The Morgan fingerprint density at radius 3 is 2.58 bits per heavy atom. The number of amides is 2. The van der Waals surface area contributed by atoms with E-state index in [4.69, 9.17) is 9.15 Å². The maximum absolute atomic E-state index is 13.1. The van der Waals surface area contributed by atoms with E-state index in [1.807, 2.05) is 0 Å². The Kier molecular flexibility index (Phi) is 5.20. The monoisotopic (exact) mass is 446 g/mol. The van der Waals surface area contributed by atoms with Crippen molar-refractivity contribution in [1.29, 1.82) is 0 Å². The summed E-state index contributed by atoms with van der Waals surface area (Å²) in [5.41, 5.74) is 1.10. The number of para-hydroxylation sites is 1. The number of ketones is 1. The molecule has 168 valence electrons. The van der Waals surface area contributed by atoms with Gasteiger partial charge in [0.2, 0.25) is 0 Å². The summed E-state index contributed by atoms with van der Waals surface area (Å²) in [4.78, 5) is 51.8. The van der Waals surface area contributed by atoms with Gasteiger partial charge in [-0.25, -0.2) is 0 Å². The van der Waals surface area contributed by atoms with Crippen LogP contribution in [0.2, 0.25) is 0 Å². The van der Waals surface area contributed by atoms with Crippen LogP contribution in [0.5, 0.6) is 5.75 Å². The first-order valence-electron chi connectivity index (χ1n) is 10.9. The van der Waals surface area contributed by atoms with Crippen LogP contribution in [0.1, 0.15) is 40.7 Å². The van der Waals surface area contributed by atoms with Gasteiger partial charge in [0.15, 0.2) is 23.1 Å². The lowest BCUT2D eigenvalue weighted by molar-refractivity contribution is -0.122. The SMILES string of the molecule is CC1Oc2ccc(C(=O)C3CCN(C(=O)c4cc(=O)c5ccccc5o4)CC3)cc2NC1=O. The number of carbonyl (C=O) groups excluding carboxylic acids is 3. The number of hydrogen-bond acceptors (Lipinski definition) is 6. The maximum Gasteiger partial charge on any atom is 0.289 e. The Bertz CT molecular complexity index is 1340. The van der Waals surface area contributed by atoms with Crippen LogP contribution < -0.4 is 15.5 Å². The molecule has 33 heavy (non-hydrogen) atoms. The van der Waals surface area contributed by atoms with Crippen molar-refractivity contribution in [2.45, 2.75) is 25.9 Å². The minimum absolute atomic E-state index is 0.00290. The number of anilines is 1. The first kappa shape index (κ1) is 20.9. The maximum atomic E-state index is 13.1. The molecule has 8 heteroatoms. The van der Waals surface area contributed by atoms with Gasteiger partial charge in [0, 0.05) is 30.6 Å². The Labute approximate surface area is 189 Å². The molecule has 3 aromatic rings. The number of nitrogens with one attached hydrogen (secondary N) is 1. The highest BCUT2D eigenvalue weighted by Crippen LogP contribution is 2.32. The molecule has 0 aliphatic carbocycles. The molecule has 1 unspecified atom stereocenters. The number of nitrogens with zero attached hydrogens (tertiary/aromatic N) is 1. The summed E-state index contributed by atoms with van der Waals surface area (Å²) in [6, 6.07) is 13.1. The molecule has 0 bridgehead atoms. The molecule has 1 fully saturated rings. The first-order valence-corrected chi connectivity index (χ1v) is 10.9. The van der Waals surface area contributed by atoms with Crippen molar-refractivity contribution < 1.29 is 23.5 Å². The molecule has 1 saturated heterocycles. The van der Waals surface area contributed by atoms with E-state index in [9.17, 15) is 19.2 Å². The molecule has 2 amide bonds. The van der Waals surface area contributed by atoms with Gasteiger partial charge in [0.25, 0.3) is 11.8 Å². The number of ether oxygens (including phenoxy) is 1. The highest BCUT2D eigenvalue weighted by molar-refractivity contribution is 6.02. The fourth-order valence-electron chi connectivity index (χ4n) is 4.31. The number of benzene rings is 2. The third-order valence-corrected chi connectivity index (χ3v) is 6.19. The number of fused-ring (bicyclic) bond motifs is 2. The second-order valence-corrected chi connectivity index (χ2v) is 8.36. The summed E-state index contributed by atoms with van der Waals surface area (Å²) in [5.74, 6) is -0.338. The van der Waals surface area contributed by atoms with Gasteiger partial charge in [0.05, 0.1) is 11.1 Å². The van der Waals surface area contributed by atoms with Crippen molar-refractivity contribution in [3.8, 4) is 5.75 Å². The van der Waals surface area contributed by atoms with E-state index in [1.54, 1.807) is 54.3 Å². The van der Waals surface area contributed by atoms with Crippen LogP contribution in [0.25, 0.3) is 11.0 Å². The minimum atomic E-state index is -0.576. The zero-order valence-corrected chi connectivity index (χ0v) is 18.0. The third kappa shape index (κ3) is 3.88. The summed E-state index contributed by atoms with van der Waals surface area (Å²) >= 11 is 0. The van der Waals surface area contributed by atoms with Crippen LogP contribution in [0.3, 0.4) is 0 Å². The Morgan fingerprint density at radius 2 is 1.79 bits per heavy atom. The minimum Gasteiger partial charge on any atom is -0.479 e. The van der Waals surface area contributed by atoms with Crippen LogP contribution in [0.4, 0.5) is 5.69 Å². The van der Waals surface area contributed by atoms with Gasteiger partial charge in [0.1, 0.15) is 11.3 Å². The lowest BCUT2D eigenvalue weighted by atomic mass is 9.88. The van der Waals surface area contributed by atoms with E-state index in [0.29, 0.717) is 53.9 Å². The van der Waals surface area contributed by atoms with Crippen LogP contribution in [0, 0.1) is 5.92 Å². The van der Waals surface area contributed by atoms with Gasteiger partial charge in [-0.3, -0.25) is 19.2 Å². The third-order valence-electron chi connectivity index (χ3n) is 6.19. The predicted molar refractivity (Wildman–Crippen MR) is 121 cm³/mol. The quantitative estimate of drug-likeness (QED) is 0.619. The van der Waals surface area contributed by atoms with Crippen molar-refractivity contribution in [3.05, 3.63) is 70.1 Å². The lowest BCUT2D eigenvalue weighted by Crippen LogP contribution is -2.40. The molecule has 3 heterocycles. The fourth-order valence-corrected chi connectivity index (χ4v) is 4.31. The van der Waals surface area contributed by atoms with Crippen LogP contribution >= 0.6 is 0 Å². The summed E-state index contributed by atoms with van der Waals surface area (Å²) in [5, 5.41) is 3.19. The van der Waals surface area contributed by atoms with E-state index >= 15 is 0 Å². The molecular weight excluding hydrogens is 424 g/mol. The first-order chi connectivity index (χ1) is 15.9. The molecule has 5 rings (SSSR count). The zero-order valence-electron chi connectivity index (χ0n) is 18.0. The summed E-state index contributed by atoms with van der Waals surface area (Å²) < 4.78 is 11.2. The Morgan fingerprint density at radius 1 is 1.03 bits per heavy atom. The van der Waals surface area contributed by atoms with E-state index in [2.05, 4.69) is 5.32 Å². The number of likely N-dealkylation sites (tertiary alicyclic amines) is 1. The predicted octanol–water partition coefficient (Wildman–Crippen LogP) is 3.25. The van der Waals surface area contributed by atoms with Crippen molar-refractivity contribution in [2.24, 2.45) is 5.92 Å². The molecule has 1 N–H and O–H groups in total. The van der Waals surface area contributed by atoms with Crippen molar-refractivity contribution in [1.82, 2.24) is 4.90 Å². The van der Waals surface area contributed by atoms with Gasteiger partial charge in [-0.05, 0) is 50.1 Å². The molecule has 0 radical (unpaired) electrons. The number of hydrogen-bond donors (Lipinski definition) is 1. The second kappa shape index (κ2) is 8.20. The normalized spacial score (nSPS) is 18.4. The second-order valence-electron chi connectivity index (χ2n) is 8.36. The molecule has 8 nitrogen and oxygen atoms in total. The molecule has 2 aliphatic rings. The van der Waals surface area contributed by atoms with Gasteiger partial charge < -0.3 is 19.4 Å². The molecule has 2 aromatic carbocycles. The largest absolute Gasteiger partial charge is 0.479 e. The molecule has 0 saturated carbocycles. The van der Waals surface area contributed by atoms with E-state index in [-0.39, 0.29) is 34.7 Å². The van der Waals surface area contributed by atoms with Crippen molar-refractivity contribution in [2.75, 3.05) is 18.4 Å². The van der Waals surface area contributed by atoms with Gasteiger partial charge in [-0.15, -0.1) is 0 Å². The fraction of sp³-hybridized carbons (Fsp3) is 0.280. The Balaban J connectivity index is 1.27. The highest BCUT2D eigenvalue weighted by atomic mass is 16.5. The van der Waals surface area contributed by atoms with Crippen LogP contribution in [-0.2, 0) is 4.79 Å². The van der Waals surface area contributed by atoms with Crippen LogP contribution in [0.15, 0.2) is 57.7 Å². The van der Waals surface area contributed by atoms with Gasteiger partial charge >= 0.3 is 0 Å². The van der Waals surface area contributed by atoms with Crippen molar-refractivity contribution >= 4 is 34.3 Å². The highest BCUT2D eigenvalue weighted by Gasteiger charge is 2.31. The van der Waals surface area contributed by atoms with E-state index in [0.717, 1.165) is 0 Å². The zero-order chi connectivity index (χ0) is 23.1. The number of piperidine rings is 1. The lowest BCUT2D eigenvalue weighted by Gasteiger charge is -2.31. The summed E-state index contributed by atoms with van der Waals surface area (Å²) in [7, 11) is 0. The van der Waals surface area contributed by atoms with Gasteiger partial charge in [-0.1, -0.05) is 12.1 Å². The van der Waals surface area contributed by atoms with E-state index < -0.39 is 6.10 Å². The number of rotatable bonds is 3. The number of Topliss-reactive ketones (excluding diaryl/α,β-unsaturated/α-hetero) is 1. The molecule has 2 aliphatic heterocycles. The smallest absolute Gasteiger partial charge is 0.289 e. The molecule has 0 spiro atoms. The summed E-state index contributed by atoms with van der Waals surface area (Å²) in [6.45, 7) is 2.43. The van der Waals surface area contributed by atoms with Crippen molar-refractivity contribution in [3.63, 3.8) is 0 Å². The Hall–Kier alpha value is -3.94. The standard InChI is InChI=1S/C25H22N2O6/c1-14-24(30)26-18-12-16(6-7-21(18)32-14)23(29)15-8-10-27(11-9-15)25(31)22-13-19(28)17-4-2-3-5-20(17)33-22/h2-7,12-15H,8-11H2,1H3,(H,26,30). The number of carbonyl (C=O) groups is 3. The average molecular weight is 446 g/mol. The molecule has 1 atom stereocenters. The summed E-state index contributed by atoms with van der Waals surface area (Å²) in [6.07, 6.45) is 0.423.